The zero-order valence-corrected chi connectivity index (χ0v) is 19.8. The zero-order valence-electron chi connectivity index (χ0n) is 19.8. The van der Waals surface area contributed by atoms with Crippen LogP contribution in [0.5, 0.6) is 11.5 Å². The van der Waals surface area contributed by atoms with Gasteiger partial charge in [0.15, 0.2) is 11.5 Å². The summed E-state index contributed by atoms with van der Waals surface area (Å²) in [5.74, 6) is 1.99. The monoisotopic (exact) mass is 453 g/mol. The van der Waals surface area contributed by atoms with Crippen molar-refractivity contribution in [1.29, 1.82) is 0 Å². The second kappa shape index (κ2) is 10.1. The Morgan fingerprint density at radius 3 is 2.61 bits per heavy atom. The van der Waals surface area contributed by atoms with Crippen LogP contribution in [0.15, 0.2) is 48.5 Å². The quantitative estimate of drug-likeness (QED) is 0.589. The number of hydrogen-bond donors (Lipinski definition) is 1. The maximum Gasteiger partial charge on any atom is 0.248 e. The Kier molecular flexibility index (Phi) is 7.25. The summed E-state index contributed by atoms with van der Waals surface area (Å²) in [4.78, 5) is 14.8. The first-order chi connectivity index (χ1) is 15.9. The lowest BCUT2D eigenvalue weighted by Gasteiger charge is -2.33. The molecule has 1 saturated heterocycles. The maximum atomic E-state index is 12.9. The van der Waals surface area contributed by atoms with E-state index in [-0.39, 0.29) is 18.4 Å². The average molecular weight is 454 g/mol. The number of likely N-dealkylation sites (tertiary alicyclic amines) is 1. The summed E-state index contributed by atoms with van der Waals surface area (Å²) in [6.45, 7) is 5.99. The number of benzene rings is 2. The van der Waals surface area contributed by atoms with Gasteiger partial charge in [0.1, 0.15) is 6.61 Å². The van der Waals surface area contributed by atoms with Crippen LogP contribution in [0.25, 0.3) is 0 Å². The van der Waals surface area contributed by atoms with Gasteiger partial charge in [-0.05, 0) is 48.9 Å². The Hall–Kier alpha value is -2.57. The van der Waals surface area contributed by atoms with Crippen molar-refractivity contribution in [1.82, 2.24) is 4.90 Å². The topological polar surface area (TPSA) is 68.2 Å². The number of aliphatic hydroxyl groups is 1. The molecule has 1 heterocycles. The van der Waals surface area contributed by atoms with Crippen LogP contribution in [-0.4, -0.2) is 55.4 Å². The summed E-state index contributed by atoms with van der Waals surface area (Å²) < 4.78 is 17.2. The Labute approximate surface area is 196 Å². The third-order valence-electron chi connectivity index (χ3n) is 7.14. The van der Waals surface area contributed by atoms with E-state index in [2.05, 4.69) is 6.92 Å². The van der Waals surface area contributed by atoms with Crippen LogP contribution >= 0.6 is 0 Å². The molecule has 0 radical (unpaired) electrons. The van der Waals surface area contributed by atoms with E-state index in [1.807, 2.05) is 53.4 Å². The van der Waals surface area contributed by atoms with Crippen LogP contribution in [-0.2, 0) is 16.1 Å². The molecule has 33 heavy (non-hydrogen) atoms. The van der Waals surface area contributed by atoms with Crippen LogP contribution in [0.3, 0.4) is 0 Å². The van der Waals surface area contributed by atoms with E-state index in [4.69, 9.17) is 14.2 Å². The number of amides is 1. The van der Waals surface area contributed by atoms with E-state index in [1.54, 1.807) is 14.0 Å². The minimum absolute atomic E-state index is 0.0234. The molecule has 2 fully saturated rings. The van der Waals surface area contributed by atoms with Crippen molar-refractivity contribution in [2.75, 3.05) is 33.4 Å². The molecule has 6 nitrogen and oxygen atoms in total. The Bertz CT molecular complexity index is 943. The van der Waals surface area contributed by atoms with E-state index in [0.29, 0.717) is 38.0 Å². The van der Waals surface area contributed by atoms with E-state index in [1.165, 1.54) is 12.8 Å². The highest BCUT2D eigenvalue weighted by Gasteiger charge is 2.48. The fourth-order valence-corrected chi connectivity index (χ4v) is 4.55. The normalized spacial score (nSPS) is 23.4. The number of carbonyl (C=O) groups excluding carboxylic acids is 1. The summed E-state index contributed by atoms with van der Waals surface area (Å²) in [6.07, 6.45) is 1.85. The average Bonchev–Trinajstić information content (AvgIpc) is 3.58. The van der Waals surface area contributed by atoms with Gasteiger partial charge in [-0.3, -0.25) is 4.79 Å². The summed E-state index contributed by atoms with van der Waals surface area (Å²) in [7, 11) is 1.64. The number of carbonyl (C=O) groups is 1. The number of hydrogen-bond acceptors (Lipinski definition) is 5. The molecule has 6 heteroatoms. The minimum atomic E-state index is -0.580. The third kappa shape index (κ3) is 5.50. The van der Waals surface area contributed by atoms with Crippen molar-refractivity contribution >= 4 is 5.91 Å². The molecule has 1 saturated carbocycles. The van der Waals surface area contributed by atoms with Crippen molar-refractivity contribution in [3.8, 4) is 11.5 Å². The number of rotatable bonds is 10. The molecule has 2 aromatic rings. The molecular formula is C27H35NO5. The first-order valence-corrected chi connectivity index (χ1v) is 11.8. The highest BCUT2D eigenvalue weighted by molar-refractivity contribution is 5.78. The van der Waals surface area contributed by atoms with Gasteiger partial charge in [0.2, 0.25) is 5.91 Å². The van der Waals surface area contributed by atoms with Crippen LogP contribution in [0.2, 0.25) is 0 Å². The summed E-state index contributed by atoms with van der Waals surface area (Å²) in [5, 5.41) is 10.7. The number of methoxy groups -OCH3 is 1. The molecule has 1 amide bonds. The van der Waals surface area contributed by atoms with Gasteiger partial charge in [-0.2, -0.15) is 0 Å². The molecular weight excluding hydrogens is 418 g/mol. The maximum absolute atomic E-state index is 12.9. The second-order valence-corrected chi connectivity index (χ2v) is 9.65. The molecule has 1 aliphatic carbocycles. The smallest absolute Gasteiger partial charge is 0.248 e. The van der Waals surface area contributed by atoms with Gasteiger partial charge in [0, 0.05) is 24.4 Å². The fraction of sp³-hybridized carbons (Fsp3) is 0.519. The highest BCUT2D eigenvalue weighted by atomic mass is 16.5. The Balaban J connectivity index is 1.46. The number of aliphatic hydroxyl groups excluding tert-OH is 1. The van der Waals surface area contributed by atoms with Gasteiger partial charge >= 0.3 is 0 Å². The van der Waals surface area contributed by atoms with Crippen molar-refractivity contribution in [2.45, 2.75) is 45.3 Å². The van der Waals surface area contributed by atoms with E-state index < -0.39 is 11.5 Å². The minimum Gasteiger partial charge on any atom is -0.493 e. The first-order valence-electron chi connectivity index (χ1n) is 11.8. The van der Waals surface area contributed by atoms with Crippen molar-refractivity contribution < 1.29 is 24.1 Å². The SMILES string of the molecule is COc1ccc([C@@H]2CN(C(=O)COCc3ccccc3)C[C@@]2(C)[C@@H](C)O)cc1OCC1CC1. The standard InChI is InChI=1S/C27H35NO5/c1-19(29)27(2)18-28(26(30)17-32-15-20-7-5-4-6-8-20)14-23(27)22-11-12-24(31-3)25(13-22)33-16-21-9-10-21/h4-8,11-13,19,21,23,29H,9-10,14-18H2,1-3H3/t19-,23+,27+/m1/s1. The number of ether oxygens (including phenoxy) is 3. The summed E-state index contributed by atoms with van der Waals surface area (Å²) >= 11 is 0. The zero-order chi connectivity index (χ0) is 23.4. The predicted octanol–water partition coefficient (Wildman–Crippen LogP) is 4.01. The van der Waals surface area contributed by atoms with E-state index >= 15 is 0 Å². The first kappa shape index (κ1) is 23.6. The molecule has 178 valence electrons. The molecule has 1 aliphatic heterocycles. The fourth-order valence-electron chi connectivity index (χ4n) is 4.55. The van der Waals surface area contributed by atoms with E-state index in [9.17, 15) is 9.90 Å². The Morgan fingerprint density at radius 2 is 1.94 bits per heavy atom. The van der Waals surface area contributed by atoms with Gasteiger partial charge < -0.3 is 24.2 Å². The van der Waals surface area contributed by atoms with Crippen molar-refractivity contribution in [3.05, 3.63) is 59.7 Å². The van der Waals surface area contributed by atoms with Crippen LogP contribution < -0.4 is 9.47 Å². The molecule has 0 aromatic heterocycles. The van der Waals surface area contributed by atoms with E-state index in [0.717, 1.165) is 16.9 Å². The molecule has 0 unspecified atom stereocenters. The molecule has 2 aromatic carbocycles. The molecule has 0 bridgehead atoms. The Morgan fingerprint density at radius 1 is 1.18 bits per heavy atom. The van der Waals surface area contributed by atoms with Crippen molar-refractivity contribution in [2.24, 2.45) is 11.3 Å². The molecule has 2 aliphatic rings. The lowest BCUT2D eigenvalue weighted by Crippen LogP contribution is -2.38. The van der Waals surface area contributed by atoms with Crippen molar-refractivity contribution in [3.63, 3.8) is 0 Å². The second-order valence-electron chi connectivity index (χ2n) is 9.65. The predicted molar refractivity (Wildman–Crippen MR) is 126 cm³/mol. The lowest BCUT2D eigenvalue weighted by atomic mass is 9.72. The van der Waals surface area contributed by atoms with Gasteiger partial charge in [-0.15, -0.1) is 0 Å². The summed E-state index contributed by atoms with van der Waals surface area (Å²) in [5.41, 5.74) is 1.61. The molecule has 1 N–H and O–H groups in total. The third-order valence-corrected chi connectivity index (χ3v) is 7.14. The lowest BCUT2D eigenvalue weighted by molar-refractivity contribution is -0.136. The van der Waals surface area contributed by atoms with Crippen LogP contribution in [0, 0.1) is 11.3 Å². The highest BCUT2D eigenvalue weighted by Crippen LogP contribution is 2.47. The molecule has 3 atom stereocenters. The van der Waals surface area contributed by atoms with Gasteiger partial charge in [0.25, 0.3) is 0 Å². The summed E-state index contributed by atoms with van der Waals surface area (Å²) in [6, 6.07) is 15.8. The number of nitrogens with zero attached hydrogens (tertiary/aromatic N) is 1. The molecule has 4 rings (SSSR count). The van der Waals surface area contributed by atoms with Gasteiger partial charge in [0.05, 0.1) is 26.4 Å². The van der Waals surface area contributed by atoms with Gasteiger partial charge in [-0.25, -0.2) is 0 Å². The van der Waals surface area contributed by atoms with Crippen LogP contribution in [0.4, 0.5) is 0 Å². The largest absolute Gasteiger partial charge is 0.493 e. The van der Waals surface area contributed by atoms with Crippen LogP contribution in [0.1, 0.15) is 43.7 Å². The van der Waals surface area contributed by atoms with Gasteiger partial charge in [-0.1, -0.05) is 43.3 Å². The molecule has 0 spiro atoms.